The number of rotatable bonds is 19. The molecule has 0 saturated carbocycles. The molecular formula is C47H46F3N7O5RuS2. The average Bonchev–Trinajstić information content (AvgIpc) is 3.99. The van der Waals surface area contributed by atoms with Crippen molar-refractivity contribution in [2.45, 2.75) is 84.7 Å². The topological polar surface area (TPSA) is 163 Å². The van der Waals surface area contributed by atoms with Gasteiger partial charge in [0.15, 0.2) is 0 Å². The van der Waals surface area contributed by atoms with Gasteiger partial charge in [0.2, 0.25) is 0 Å². The Hall–Kier alpha value is -5.98. The molecule has 18 heteroatoms. The fourth-order valence-electron chi connectivity index (χ4n) is 6.02. The fraction of sp³-hybridized carbons (Fsp3) is 0.319. The molecule has 6 rings (SSSR count). The van der Waals surface area contributed by atoms with Crippen LogP contribution in [0.1, 0.15) is 93.8 Å². The summed E-state index contributed by atoms with van der Waals surface area (Å²) in [7, 11) is 0. The minimum atomic E-state index is -4.50. The van der Waals surface area contributed by atoms with E-state index in [4.69, 9.17) is 19.6 Å². The maximum Gasteiger partial charge on any atom is 2.00 e. The molecule has 12 nitrogen and oxygen atoms in total. The second-order valence-electron chi connectivity index (χ2n) is 14.0. The molecule has 0 fully saturated rings. The number of halogens is 3. The van der Waals surface area contributed by atoms with Crippen molar-refractivity contribution < 1.29 is 56.4 Å². The van der Waals surface area contributed by atoms with Gasteiger partial charge in [0.1, 0.15) is 22.9 Å². The molecule has 6 heterocycles. The minimum Gasteiger partial charge on any atom is -0.753 e. The van der Waals surface area contributed by atoms with Crippen LogP contribution >= 0.6 is 23.6 Å². The van der Waals surface area contributed by atoms with E-state index in [0.717, 1.165) is 42.2 Å². The van der Waals surface area contributed by atoms with Crippen LogP contribution in [0, 0.1) is 17.8 Å². The van der Waals surface area contributed by atoms with Crippen LogP contribution in [0.4, 0.5) is 13.2 Å². The first-order valence-corrected chi connectivity index (χ1v) is 21.8. The molecule has 1 atom stereocenters. The third-order valence-electron chi connectivity index (χ3n) is 9.41. The van der Waals surface area contributed by atoms with E-state index in [2.05, 4.69) is 86.4 Å². The number of aromatic nitrogens is 6. The number of carbonyl (C=O) groups is 2. The first-order chi connectivity index (χ1) is 31.0. The summed E-state index contributed by atoms with van der Waals surface area (Å²) in [6.45, 7) is 7.81. The molecule has 1 unspecified atom stereocenters. The molecule has 65 heavy (non-hydrogen) atoms. The first kappa shape index (κ1) is 53.4. The van der Waals surface area contributed by atoms with Crippen LogP contribution in [-0.2, 0) is 41.7 Å². The molecule has 0 N–H and O–H groups in total. The zero-order valence-electron chi connectivity index (χ0n) is 35.9. The number of thiocarbonyl (C=S) groups is 1. The normalized spacial score (nSPS) is 10.8. The van der Waals surface area contributed by atoms with Crippen molar-refractivity contribution in [3.63, 3.8) is 0 Å². The van der Waals surface area contributed by atoms with E-state index in [-0.39, 0.29) is 30.9 Å². The Morgan fingerprint density at radius 3 is 2.11 bits per heavy atom. The predicted octanol–water partition coefficient (Wildman–Crippen LogP) is 11.2. The number of alkyl halides is 3. The molecule has 340 valence electrons. The molecule has 0 aliphatic heterocycles. The Labute approximate surface area is 398 Å². The summed E-state index contributed by atoms with van der Waals surface area (Å²) in [5.74, 6) is 8.26. The maximum atomic E-state index is 12.5. The number of aryl methyl sites for hydroxylation is 1. The number of hydrogen-bond donors (Lipinski definition) is 0. The van der Waals surface area contributed by atoms with E-state index in [1.54, 1.807) is 53.9 Å². The number of hydrogen-bond acceptors (Lipinski definition) is 12. The van der Waals surface area contributed by atoms with Crippen LogP contribution in [0.5, 0.6) is 17.2 Å². The van der Waals surface area contributed by atoms with Crippen LogP contribution in [0.15, 0.2) is 84.6 Å². The van der Waals surface area contributed by atoms with Gasteiger partial charge in [0.05, 0.1) is 40.5 Å². The van der Waals surface area contributed by atoms with Crippen LogP contribution in [-0.4, -0.2) is 49.7 Å². The number of thiophene rings is 1. The summed E-state index contributed by atoms with van der Waals surface area (Å²) >= 11 is 5.35. The Bertz CT molecular complexity index is 2480. The number of pyridine rings is 4. The number of unbranched alkanes of at least 4 members (excludes halogenated alkanes) is 4. The standard InChI is InChI=1S/C29H25N3O4S.C17H21F3N3O.CNS.Ru/c1-2-3-4-5-6-22-11-14-37-29(22)8-7-21-9-12-30-25(15-21)27-17-24(36-20-34)18-28(32-27)26-16-23(35-19-33)10-13-31-26;1-3-5-6-12(4-2)11-24-13-7-8-14(21-10-13)15-9-16(23-22-15)17(18,19)20;2-1-3;/h9-20H,2-6H2,1H3;7-10,12H,3-6,11H2,1-2H3;;/q;2*-1;+2. The summed E-state index contributed by atoms with van der Waals surface area (Å²) in [5, 5.41) is 17.2. The van der Waals surface area contributed by atoms with Gasteiger partial charge in [-0.25, -0.2) is 4.98 Å². The van der Waals surface area contributed by atoms with Gasteiger partial charge in [0, 0.05) is 41.9 Å². The molecule has 0 saturated heterocycles. The zero-order chi connectivity index (χ0) is 46.2. The van der Waals surface area contributed by atoms with Crippen molar-refractivity contribution >= 4 is 41.7 Å². The van der Waals surface area contributed by atoms with Crippen LogP contribution < -0.4 is 19.3 Å². The number of ether oxygens (including phenoxy) is 3. The largest absolute Gasteiger partial charge is 2.00 e. The van der Waals surface area contributed by atoms with E-state index >= 15 is 0 Å². The quantitative estimate of drug-likeness (QED) is 0.0189. The molecule has 0 aliphatic carbocycles. The Balaban J connectivity index is 0.000000347. The van der Waals surface area contributed by atoms with Gasteiger partial charge in [0.25, 0.3) is 12.9 Å². The molecule has 0 radical (unpaired) electrons. The summed E-state index contributed by atoms with van der Waals surface area (Å²) in [4.78, 5) is 40.4. The zero-order valence-corrected chi connectivity index (χ0v) is 39.2. The molecule has 0 aliphatic rings. The molecule has 0 amide bonds. The van der Waals surface area contributed by atoms with Crippen molar-refractivity contribution in [3.05, 3.63) is 112 Å². The summed E-state index contributed by atoms with van der Waals surface area (Å²) < 4.78 is 53.4. The number of carbonyl (C=O) groups excluding carboxylic acids is 2. The van der Waals surface area contributed by atoms with Crippen molar-refractivity contribution in [2.75, 3.05) is 6.61 Å². The smallest absolute Gasteiger partial charge is 0.753 e. The van der Waals surface area contributed by atoms with Gasteiger partial charge in [-0.15, -0.1) is 11.3 Å². The van der Waals surface area contributed by atoms with E-state index in [0.29, 0.717) is 65.4 Å². The second kappa shape index (κ2) is 28.7. The van der Waals surface area contributed by atoms with E-state index in [1.807, 2.05) is 12.1 Å². The average molecular weight is 1010 g/mol. The summed E-state index contributed by atoms with van der Waals surface area (Å²) in [6, 6.07) is 16.3. The summed E-state index contributed by atoms with van der Waals surface area (Å²) in [5.41, 5.74) is 3.42. The summed E-state index contributed by atoms with van der Waals surface area (Å²) in [6.07, 6.45) is 10.6. The number of isothiocyanates is 1. The van der Waals surface area contributed by atoms with E-state index in [1.165, 1.54) is 55.2 Å². The van der Waals surface area contributed by atoms with Gasteiger partial charge in [-0.3, -0.25) is 24.5 Å². The Kier molecular flexibility index (Phi) is 23.6. The Morgan fingerprint density at radius 1 is 0.800 bits per heavy atom. The van der Waals surface area contributed by atoms with Crippen molar-refractivity contribution in [1.29, 1.82) is 0 Å². The van der Waals surface area contributed by atoms with Crippen LogP contribution in [0.2, 0.25) is 0 Å². The third-order valence-corrected chi connectivity index (χ3v) is 10.3. The van der Waals surface area contributed by atoms with E-state index < -0.39 is 11.9 Å². The van der Waals surface area contributed by atoms with E-state index in [9.17, 15) is 22.8 Å². The maximum absolute atomic E-state index is 12.5. The van der Waals surface area contributed by atoms with Gasteiger partial charge in [-0.1, -0.05) is 89.0 Å². The molecule has 6 aromatic heterocycles. The van der Waals surface area contributed by atoms with Crippen molar-refractivity contribution in [3.8, 4) is 63.3 Å². The SMILES string of the molecule is CCCCC(CC)COc1ccc(-c2cc(C(F)(F)F)n[n-]2)nc1.CCCCCCc1ccsc1C#Cc1ccnc(-c2cc(OC=O)cc(-c3cc(OC=O)ccn3)n2)c1.[N-]=C=S.[Ru+2]. The van der Waals surface area contributed by atoms with Gasteiger partial charge in [-0.05, 0) is 78.6 Å². The number of nitrogens with zero attached hydrogens (tertiary/aromatic N) is 7. The van der Waals surface area contributed by atoms with Crippen LogP contribution in [0.25, 0.3) is 39.6 Å². The molecule has 0 aromatic carbocycles. The predicted molar refractivity (Wildman–Crippen MR) is 243 cm³/mol. The van der Waals surface area contributed by atoms with Crippen molar-refractivity contribution in [2.24, 2.45) is 5.92 Å². The monoisotopic (exact) mass is 1010 g/mol. The second-order valence-corrected chi connectivity index (χ2v) is 15.1. The van der Waals surface area contributed by atoms with Gasteiger partial charge >= 0.3 is 25.7 Å². The molecule has 0 bridgehead atoms. The molecular weight excluding hydrogens is 965 g/mol. The first-order valence-electron chi connectivity index (χ1n) is 20.5. The van der Waals surface area contributed by atoms with Gasteiger partial charge < -0.3 is 29.8 Å². The fourth-order valence-corrected chi connectivity index (χ4v) is 6.82. The van der Waals surface area contributed by atoms with Gasteiger partial charge in [-0.2, -0.15) is 18.3 Å². The van der Waals surface area contributed by atoms with Crippen LogP contribution in [0.3, 0.4) is 0 Å². The molecule has 6 aromatic rings. The third kappa shape index (κ3) is 17.8. The Morgan fingerprint density at radius 2 is 1.48 bits per heavy atom. The molecule has 0 spiro atoms. The van der Waals surface area contributed by atoms with Crippen molar-refractivity contribution in [1.82, 2.24) is 30.1 Å². The minimum absolute atomic E-state index is 0.